The smallest absolute Gasteiger partial charge is 0.176 e. The second-order valence-corrected chi connectivity index (χ2v) is 6.17. The Kier molecular flexibility index (Phi) is 4.37. The van der Waals surface area contributed by atoms with Gasteiger partial charge in [-0.05, 0) is 29.8 Å². The zero-order valence-corrected chi connectivity index (χ0v) is 14.3. The molecule has 0 saturated carbocycles. The van der Waals surface area contributed by atoms with Gasteiger partial charge in [-0.25, -0.2) is 9.37 Å². The van der Waals surface area contributed by atoms with Crippen LogP contribution in [0.15, 0.2) is 65.2 Å². The Hall–Kier alpha value is -3.56. The number of hydrogen-bond acceptors (Lipinski definition) is 5. The maximum atomic E-state index is 13.5. The van der Waals surface area contributed by atoms with E-state index in [0.29, 0.717) is 17.7 Å². The van der Waals surface area contributed by atoms with Crippen LogP contribution in [0.1, 0.15) is 23.0 Å². The highest BCUT2D eigenvalue weighted by Gasteiger charge is 2.18. The van der Waals surface area contributed by atoms with E-state index in [1.807, 2.05) is 48.5 Å². The molecule has 0 bridgehead atoms. The van der Waals surface area contributed by atoms with Crippen molar-refractivity contribution in [1.82, 2.24) is 10.1 Å². The molecule has 2 heterocycles. The minimum Gasteiger partial charge on any atom is -0.356 e. The van der Waals surface area contributed by atoms with Gasteiger partial charge in [0.15, 0.2) is 17.1 Å². The largest absolute Gasteiger partial charge is 0.356 e. The predicted octanol–water partition coefficient (Wildman–Crippen LogP) is 4.14. The second kappa shape index (κ2) is 6.98. The number of hydrogen-bond donors (Lipinski definition) is 1. The molecule has 4 rings (SSSR count). The quantitative estimate of drug-likeness (QED) is 0.592. The molecule has 2 N–H and O–H groups in total. The van der Waals surface area contributed by atoms with E-state index >= 15 is 0 Å². The minimum atomic E-state index is -0.635. The average Bonchev–Trinajstić information content (AvgIpc) is 3.13. The van der Waals surface area contributed by atoms with Gasteiger partial charge in [-0.1, -0.05) is 41.6 Å². The van der Waals surface area contributed by atoms with E-state index in [1.165, 1.54) is 6.07 Å². The molecule has 0 radical (unpaired) electrons. The Morgan fingerprint density at radius 2 is 1.85 bits per heavy atom. The van der Waals surface area contributed by atoms with E-state index in [4.69, 9.17) is 15.5 Å². The van der Waals surface area contributed by atoms with Gasteiger partial charge < -0.3 is 10.3 Å². The molecule has 0 amide bonds. The lowest BCUT2D eigenvalue weighted by Gasteiger charge is -2.15. The van der Waals surface area contributed by atoms with E-state index in [1.54, 1.807) is 12.1 Å². The Morgan fingerprint density at radius 3 is 2.70 bits per heavy atom. The molecule has 4 aromatic rings. The molecule has 0 fully saturated rings. The summed E-state index contributed by atoms with van der Waals surface area (Å²) < 4.78 is 18.9. The molecule has 0 aliphatic heterocycles. The average molecular weight is 358 g/mol. The molecule has 1 atom stereocenters. The standard InChI is InChI=1S/C21H15FN4O/c22-17-10-9-13(25-19(17)12-23)11-18(24)14-5-1-2-6-15(14)21-16-7-3-4-8-20(16)27-26-21/h1-10,18H,11,24H2. The summed E-state index contributed by atoms with van der Waals surface area (Å²) in [5.41, 5.74) is 9.94. The van der Waals surface area contributed by atoms with Crippen LogP contribution in [0.4, 0.5) is 4.39 Å². The molecular formula is C21H15FN4O. The molecule has 0 aliphatic carbocycles. The van der Waals surface area contributed by atoms with E-state index in [2.05, 4.69) is 10.1 Å². The summed E-state index contributed by atoms with van der Waals surface area (Å²) in [6, 6.07) is 19.5. The predicted molar refractivity (Wildman–Crippen MR) is 99.0 cm³/mol. The highest BCUT2D eigenvalue weighted by molar-refractivity contribution is 5.92. The van der Waals surface area contributed by atoms with Crippen molar-refractivity contribution in [3.63, 3.8) is 0 Å². The highest BCUT2D eigenvalue weighted by Crippen LogP contribution is 2.33. The number of pyridine rings is 1. The number of nitrogens with two attached hydrogens (primary N) is 1. The number of nitrogens with zero attached hydrogens (tertiary/aromatic N) is 3. The van der Waals surface area contributed by atoms with Crippen LogP contribution in [-0.2, 0) is 6.42 Å². The third kappa shape index (κ3) is 3.16. The van der Waals surface area contributed by atoms with Gasteiger partial charge in [0, 0.05) is 29.1 Å². The van der Waals surface area contributed by atoms with Crippen LogP contribution < -0.4 is 5.73 Å². The molecule has 1 unspecified atom stereocenters. The Balaban J connectivity index is 1.72. The zero-order chi connectivity index (χ0) is 18.8. The molecule has 6 heteroatoms. The molecule has 0 saturated heterocycles. The van der Waals surface area contributed by atoms with Crippen LogP contribution in [0, 0.1) is 17.1 Å². The van der Waals surface area contributed by atoms with E-state index in [9.17, 15) is 4.39 Å². The fraction of sp³-hybridized carbons (Fsp3) is 0.0952. The van der Waals surface area contributed by atoms with Crippen LogP contribution in [0.25, 0.3) is 22.2 Å². The van der Waals surface area contributed by atoms with Crippen molar-refractivity contribution >= 4 is 11.0 Å². The van der Waals surface area contributed by atoms with Crippen molar-refractivity contribution in [1.29, 1.82) is 5.26 Å². The lowest BCUT2D eigenvalue weighted by atomic mass is 9.94. The topological polar surface area (TPSA) is 88.7 Å². The molecule has 5 nitrogen and oxygen atoms in total. The molecule has 0 aliphatic rings. The van der Waals surface area contributed by atoms with Crippen LogP contribution in [0.5, 0.6) is 0 Å². The molecule has 2 aromatic heterocycles. The second-order valence-electron chi connectivity index (χ2n) is 6.17. The molecule has 2 aromatic carbocycles. The number of rotatable bonds is 4. The van der Waals surface area contributed by atoms with Crippen molar-refractivity contribution in [2.24, 2.45) is 5.73 Å². The van der Waals surface area contributed by atoms with Crippen molar-refractivity contribution in [3.05, 3.63) is 83.4 Å². The highest BCUT2D eigenvalue weighted by atomic mass is 19.1. The molecule has 132 valence electrons. The van der Waals surface area contributed by atoms with Gasteiger partial charge >= 0.3 is 0 Å². The minimum absolute atomic E-state index is 0.226. The van der Waals surface area contributed by atoms with Gasteiger partial charge in [0.05, 0.1) is 0 Å². The van der Waals surface area contributed by atoms with Gasteiger partial charge in [-0.15, -0.1) is 0 Å². The van der Waals surface area contributed by atoms with E-state index in [0.717, 1.165) is 22.2 Å². The lowest BCUT2D eigenvalue weighted by molar-refractivity contribution is 0.459. The molecule has 0 spiro atoms. The number of aromatic nitrogens is 2. The summed E-state index contributed by atoms with van der Waals surface area (Å²) in [4.78, 5) is 4.05. The monoisotopic (exact) mass is 358 g/mol. The van der Waals surface area contributed by atoms with Crippen molar-refractivity contribution < 1.29 is 8.91 Å². The van der Waals surface area contributed by atoms with Crippen molar-refractivity contribution in [3.8, 4) is 17.3 Å². The SMILES string of the molecule is N#Cc1nc(CC(N)c2ccccc2-c2noc3ccccc23)ccc1F. The number of para-hydroxylation sites is 1. The van der Waals surface area contributed by atoms with Crippen LogP contribution in [0.3, 0.4) is 0 Å². The maximum absolute atomic E-state index is 13.5. The summed E-state index contributed by atoms with van der Waals surface area (Å²) in [6.07, 6.45) is 0.363. The van der Waals surface area contributed by atoms with E-state index < -0.39 is 11.9 Å². The summed E-state index contributed by atoms with van der Waals surface area (Å²) >= 11 is 0. The lowest BCUT2D eigenvalue weighted by Crippen LogP contribution is -2.15. The van der Waals surface area contributed by atoms with Gasteiger partial charge in [0.1, 0.15) is 11.8 Å². The van der Waals surface area contributed by atoms with Gasteiger partial charge in [-0.3, -0.25) is 0 Å². The third-order valence-corrected chi connectivity index (χ3v) is 4.43. The Labute approximate surface area is 154 Å². The number of fused-ring (bicyclic) bond motifs is 1. The first-order valence-corrected chi connectivity index (χ1v) is 8.42. The Bertz CT molecular complexity index is 1160. The number of halogens is 1. The van der Waals surface area contributed by atoms with Crippen LogP contribution in [-0.4, -0.2) is 10.1 Å². The normalized spacial score (nSPS) is 12.0. The van der Waals surface area contributed by atoms with Gasteiger partial charge in [-0.2, -0.15) is 5.26 Å². The van der Waals surface area contributed by atoms with E-state index in [-0.39, 0.29) is 5.69 Å². The first-order valence-electron chi connectivity index (χ1n) is 8.42. The van der Waals surface area contributed by atoms with Gasteiger partial charge in [0.25, 0.3) is 0 Å². The first-order chi connectivity index (χ1) is 13.2. The molecular weight excluding hydrogens is 343 g/mol. The summed E-state index contributed by atoms with van der Waals surface area (Å²) in [5.74, 6) is -0.635. The van der Waals surface area contributed by atoms with Crippen LogP contribution in [0.2, 0.25) is 0 Å². The van der Waals surface area contributed by atoms with Crippen LogP contribution >= 0.6 is 0 Å². The fourth-order valence-electron chi connectivity index (χ4n) is 3.13. The fourth-order valence-corrected chi connectivity index (χ4v) is 3.13. The third-order valence-electron chi connectivity index (χ3n) is 4.43. The Morgan fingerprint density at radius 1 is 1.07 bits per heavy atom. The van der Waals surface area contributed by atoms with Gasteiger partial charge in [0.2, 0.25) is 0 Å². The maximum Gasteiger partial charge on any atom is 0.176 e. The summed E-state index contributed by atoms with van der Waals surface area (Å²) in [7, 11) is 0. The first kappa shape index (κ1) is 16.9. The molecule has 27 heavy (non-hydrogen) atoms. The number of nitriles is 1. The number of benzene rings is 2. The summed E-state index contributed by atoms with van der Waals surface area (Å²) in [6.45, 7) is 0. The summed E-state index contributed by atoms with van der Waals surface area (Å²) in [5, 5.41) is 14.1. The van der Waals surface area contributed by atoms with Crippen molar-refractivity contribution in [2.45, 2.75) is 12.5 Å². The zero-order valence-electron chi connectivity index (χ0n) is 14.3. The van der Waals surface area contributed by atoms with Crippen molar-refractivity contribution in [2.75, 3.05) is 0 Å².